The second kappa shape index (κ2) is 7.95. The van der Waals surface area contributed by atoms with E-state index >= 15 is 0 Å². The van der Waals surface area contributed by atoms with Gasteiger partial charge in [0.05, 0.1) is 26.0 Å². The molecular formula is C16H17N3O6. The number of ether oxygens (including phenoxy) is 3. The number of rotatable bonds is 7. The van der Waals surface area contributed by atoms with Crippen LogP contribution in [0.4, 0.5) is 0 Å². The first-order valence-electron chi connectivity index (χ1n) is 7.09. The first kappa shape index (κ1) is 18.0. The van der Waals surface area contributed by atoms with Crippen molar-refractivity contribution in [3.63, 3.8) is 0 Å². The van der Waals surface area contributed by atoms with Gasteiger partial charge in [0, 0.05) is 5.56 Å². The fourth-order valence-corrected chi connectivity index (χ4v) is 2.02. The Morgan fingerprint density at radius 1 is 1.08 bits per heavy atom. The van der Waals surface area contributed by atoms with E-state index in [1.165, 1.54) is 33.5 Å². The van der Waals surface area contributed by atoms with Crippen molar-refractivity contribution < 1.29 is 28.9 Å². The summed E-state index contributed by atoms with van der Waals surface area (Å²) in [5, 5.41) is 13.3. The van der Waals surface area contributed by atoms with Crippen LogP contribution in [-0.2, 0) is 4.84 Å². The van der Waals surface area contributed by atoms with E-state index in [-0.39, 0.29) is 29.1 Å². The largest absolute Gasteiger partial charge is 0.481 e. The van der Waals surface area contributed by atoms with Crippen molar-refractivity contribution in [2.45, 2.75) is 6.92 Å². The van der Waals surface area contributed by atoms with E-state index in [0.29, 0.717) is 11.3 Å². The number of aromatic carboxylic acids is 1. The van der Waals surface area contributed by atoms with Gasteiger partial charge in [-0.3, -0.25) is 0 Å². The lowest BCUT2D eigenvalue weighted by Gasteiger charge is -2.13. The van der Waals surface area contributed by atoms with Crippen LogP contribution in [0.15, 0.2) is 29.4 Å². The van der Waals surface area contributed by atoms with Crippen LogP contribution in [0.25, 0.3) is 0 Å². The lowest BCUT2D eigenvalue weighted by atomic mass is 10.1. The maximum atomic E-state index is 11.5. The van der Waals surface area contributed by atoms with E-state index < -0.39 is 5.97 Å². The molecule has 0 spiro atoms. The molecule has 1 heterocycles. The molecule has 0 bridgehead atoms. The van der Waals surface area contributed by atoms with Crippen LogP contribution in [0.1, 0.15) is 22.8 Å². The second-order valence-corrected chi connectivity index (χ2v) is 4.68. The van der Waals surface area contributed by atoms with E-state index in [0.717, 1.165) is 0 Å². The van der Waals surface area contributed by atoms with Crippen LogP contribution in [0, 0.1) is 0 Å². The van der Waals surface area contributed by atoms with Gasteiger partial charge in [0.2, 0.25) is 11.8 Å². The third-order valence-electron chi connectivity index (χ3n) is 3.13. The fraction of sp³-hybridized carbons (Fsp3) is 0.250. The molecule has 0 atom stereocenters. The Bertz CT molecular complexity index is 784. The van der Waals surface area contributed by atoms with E-state index in [1.807, 2.05) is 0 Å². The Balaban J connectivity index is 2.58. The van der Waals surface area contributed by atoms with Crippen molar-refractivity contribution in [3.05, 3.63) is 35.4 Å². The van der Waals surface area contributed by atoms with E-state index in [1.54, 1.807) is 19.1 Å². The minimum absolute atomic E-state index is 0.0311. The molecule has 0 fully saturated rings. The summed E-state index contributed by atoms with van der Waals surface area (Å²) in [6.45, 7) is 1.66. The molecule has 2 rings (SSSR count). The second-order valence-electron chi connectivity index (χ2n) is 4.68. The summed E-state index contributed by atoms with van der Waals surface area (Å²) in [5.41, 5.74) is 0.774. The van der Waals surface area contributed by atoms with Crippen molar-refractivity contribution in [1.29, 1.82) is 0 Å². The molecule has 1 aromatic carbocycles. The normalized spacial score (nSPS) is 11.0. The predicted molar refractivity (Wildman–Crippen MR) is 87.8 cm³/mol. The van der Waals surface area contributed by atoms with Crippen LogP contribution in [0.3, 0.4) is 0 Å². The number of hydrogen-bond donors (Lipinski definition) is 1. The highest BCUT2D eigenvalue weighted by Crippen LogP contribution is 2.30. The van der Waals surface area contributed by atoms with E-state index in [9.17, 15) is 9.90 Å². The molecular weight excluding hydrogens is 330 g/mol. The van der Waals surface area contributed by atoms with Gasteiger partial charge in [0.15, 0.2) is 5.75 Å². The monoisotopic (exact) mass is 347 g/mol. The van der Waals surface area contributed by atoms with Gasteiger partial charge < -0.3 is 24.2 Å². The van der Waals surface area contributed by atoms with Crippen molar-refractivity contribution in [1.82, 2.24) is 9.97 Å². The van der Waals surface area contributed by atoms with Crippen molar-refractivity contribution in [3.8, 4) is 23.5 Å². The van der Waals surface area contributed by atoms with Crippen LogP contribution < -0.4 is 14.2 Å². The number of methoxy groups -OCH3 is 2. The Morgan fingerprint density at radius 2 is 1.68 bits per heavy atom. The fourth-order valence-electron chi connectivity index (χ4n) is 2.02. The lowest BCUT2D eigenvalue weighted by Crippen LogP contribution is -2.08. The molecule has 0 saturated heterocycles. The third-order valence-corrected chi connectivity index (χ3v) is 3.13. The van der Waals surface area contributed by atoms with Crippen LogP contribution in [0.5, 0.6) is 23.5 Å². The average molecular weight is 347 g/mol. The lowest BCUT2D eigenvalue weighted by molar-refractivity contribution is 0.0694. The van der Waals surface area contributed by atoms with Crippen LogP contribution in [0.2, 0.25) is 0 Å². The number of carboxylic acid groups (broad SMARTS) is 1. The van der Waals surface area contributed by atoms with Gasteiger partial charge >= 0.3 is 12.0 Å². The summed E-state index contributed by atoms with van der Waals surface area (Å²) >= 11 is 0. The Hall–Kier alpha value is -3.36. The average Bonchev–Trinajstić information content (AvgIpc) is 2.61. The Kier molecular flexibility index (Phi) is 5.72. The minimum atomic E-state index is -1.17. The maximum Gasteiger partial charge on any atom is 0.339 e. The van der Waals surface area contributed by atoms with Gasteiger partial charge in [-0.05, 0) is 19.1 Å². The van der Waals surface area contributed by atoms with Gasteiger partial charge in [-0.15, -0.1) is 0 Å². The number of hydrogen-bond acceptors (Lipinski definition) is 8. The summed E-state index contributed by atoms with van der Waals surface area (Å²) in [4.78, 5) is 24.4. The molecule has 9 nitrogen and oxygen atoms in total. The number of carbonyl (C=O) groups is 1. The highest BCUT2D eigenvalue weighted by atomic mass is 16.6. The van der Waals surface area contributed by atoms with Crippen LogP contribution in [-0.4, -0.2) is 48.1 Å². The Morgan fingerprint density at radius 3 is 2.20 bits per heavy atom. The topological polar surface area (TPSA) is 112 Å². The number of oxime groups is 1. The zero-order valence-corrected chi connectivity index (χ0v) is 14.1. The first-order valence-corrected chi connectivity index (χ1v) is 7.09. The molecule has 25 heavy (non-hydrogen) atoms. The van der Waals surface area contributed by atoms with Gasteiger partial charge in [-0.1, -0.05) is 11.2 Å². The molecule has 2 aromatic rings. The zero-order valence-electron chi connectivity index (χ0n) is 14.1. The Labute approximate surface area is 143 Å². The zero-order chi connectivity index (χ0) is 18.4. The van der Waals surface area contributed by atoms with Crippen molar-refractivity contribution in [2.75, 3.05) is 21.3 Å². The van der Waals surface area contributed by atoms with Crippen molar-refractivity contribution >= 4 is 11.7 Å². The minimum Gasteiger partial charge on any atom is -0.481 e. The predicted octanol–water partition coefficient (Wildman–Crippen LogP) is 2.35. The summed E-state index contributed by atoms with van der Waals surface area (Å²) in [6.07, 6.45) is 0. The summed E-state index contributed by atoms with van der Waals surface area (Å²) in [7, 11) is 4.25. The van der Waals surface area contributed by atoms with E-state index in [4.69, 9.17) is 19.0 Å². The highest BCUT2D eigenvalue weighted by molar-refractivity contribution is 6.04. The summed E-state index contributed by atoms with van der Waals surface area (Å²) in [6, 6.07) is 5.97. The molecule has 0 aliphatic rings. The van der Waals surface area contributed by atoms with E-state index in [2.05, 4.69) is 15.1 Å². The number of carboxylic acids is 1. The summed E-state index contributed by atoms with van der Waals surface area (Å²) in [5.74, 6) is -0.725. The number of aromatic nitrogens is 2. The molecule has 0 aliphatic heterocycles. The molecule has 0 unspecified atom stereocenters. The number of para-hydroxylation sites is 1. The molecule has 0 aliphatic carbocycles. The molecule has 132 valence electrons. The molecule has 9 heteroatoms. The highest BCUT2D eigenvalue weighted by Gasteiger charge is 2.20. The van der Waals surface area contributed by atoms with Crippen molar-refractivity contribution in [2.24, 2.45) is 5.16 Å². The quantitative estimate of drug-likeness (QED) is 0.600. The number of nitrogens with zero attached hydrogens (tertiary/aromatic N) is 3. The molecule has 1 aromatic heterocycles. The maximum absolute atomic E-state index is 11.5. The first-order chi connectivity index (χ1) is 12.0. The standard InChI is InChI=1S/C16H17N3O6/c1-9(19-24-4)10-6-5-7-11(15(20)21)14(10)25-16-17-12(22-2)8-13(18-16)23-3/h5-8H,1-4H3,(H,20,21)/b19-9+. The SMILES string of the molecule is CO/N=C(\C)c1cccc(C(=O)O)c1Oc1nc(OC)cc(OC)n1. The van der Waals surface area contributed by atoms with Gasteiger partial charge in [-0.2, -0.15) is 9.97 Å². The summed E-state index contributed by atoms with van der Waals surface area (Å²) < 4.78 is 15.8. The van der Waals surface area contributed by atoms with Crippen LogP contribution >= 0.6 is 0 Å². The molecule has 0 radical (unpaired) electrons. The third kappa shape index (κ3) is 4.14. The molecule has 0 amide bonds. The smallest absolute Gasteiger partial charge is 0.339 e. The number of benzene rings is 1. The van der Waals surface area contributed by atoms with Gasteiger partial charge in [0.25, 0.3) is 0 Å². The van der Waals surface area contributed by atoms with Gasteiger partial charge in [0.1, 0.15) is 12.7 Å². The molecule has 1 N–H and O–H groups in total. The molecule has 0 saturated carbocycles. The van der Waals surface area contributed by atoms with Gasteiger partial charge in [-0.25, -0.2) is 4.79 Å².